The van der Waals surface area contributed by atoms with E-state index in [9.17, 15) is 0 Å². The molecule has 1 aliphatic heterocycles. The lowest BCUT2D eigenvalue weighted by Crippen LogP contribution is -2.33. The second-order valence-electron chi connectivity index (χ2n) is 5.62. The van der Waals surface area contributed by atoms with Crippen LogP contribution in [-0.2, 0) is 13.0 Å². The molecule has 3 rings (SSSR count). The number of likely N-dealkylation sites (tertiary alicyclic amines) is 1. The number of halogens is 1. The highest BCUT2D eigenvalue weighted by Gasteiger charge is 2.20. The number of hydrogen-bond donors (Lipinski definition) is 0. The van der Waals surface area contributed by atoms with Crippen molar-refractivity contribution >= 4 is 15.9 Å². The third-order valence-corrected chi connectivity index (χ3v) is 4.51. The molecule has 2 aromatic rings. The maximum atomic E-state index is 5.58. The highest BCUT2D eigenvalue weighted by Crippen LogP contribution is 2.23. The van der Waals surface area contributed by atoms with Crippen LogP contribution in [0.15, 0.2) is 51.6 Å². The smallest absolute Gasteiger partial charge is 0.169 e. The third kappa shape index (κ3) is 3.74. The SMILES string of the molecule is Brc1ccc(CN2CCC(Cc3ccccc3)CC2)o1. The van der Waals surface area contributed by atoms with E-state index in [4.69, 9.17) is 4.42 Å². The summed E-state index contributed by atoms with van der Waals surface area (Å²) in [4.78, 5) is 2.49. The van der Waals surface area contributed by atoms with Crippen LogP contribution < -0.4 is 0 Å². The van der Waals surface area contributed by atoms with Crippen LogP contribution in [0.5, 0.6) is 0 Å². The highest BCUT2D eigenvalue weighted by molar-refractivity contribution is 9.10. The Labute approximate surface area is 128 Å². The topological polar surface area (TPSA) is 16.4 Å². The molecule has 2 heterocycles. The zero-order valence-electron chi connectivity index (χ0n) is 11.6. The molecule has 1 aliphatic rings. The van der Waals surface area contributed by atoms with E-state index in [1.54, 1.807) is 0 Å². The van der Waals surface area contributed by atoms with Crippen molar-refractivity contribution in [1.29, 1.82) is 0 Å². The minimum absolute atomic E-state index is 0.825. The molecule has 0 N–H and O–H groups in total. The predicted molar refractivity (Wildman–Crippen MR) is 84.6 cm³/mol. The summed E-state index contributed by atoms with van der Waals surface area (Å²) in [6.07, 6.45) is 3.80. The summed E-state index contributed by atoms with van der Waals surface area (Å²) in [5.41, 5.74) is 1.47. The Hall–Kier alpha value is -1.06. The van der Waals surface area contributed by atoms with Crippen LogP contribution in [0.25, 0.3) is 0 Å². The van der Waals surface area contributed by atoms with Gasteiger partial charge in [0.2, 0.25) is 0 Å². The molecule has 0 atom stereocenters. The molecule has 0 saturated carbocycles. The van der Waals surface area contributed by atoms with Crippen molar-refractivity contribution in [1.82, 2.24) is 4.90 Å². The van der Waals surface area contributed by atoms with Crippen molar-refractivity contribution in [2.75, 3.05) is 13.1 Å². The number of hydrogen-bond acceptors (Lipinski definition) is 2. The van der Waals surface area contributed by atoms with E-state index < -0.39 is 0 Å². The molecule has 0 aliphatic carbocycles. The van der Waals surface area contributed by atoms with Crippen molar-refractivity contribution in [2.45, 2.75) is 25.8 Å². The van der Waals surface area contributed by atoms with Crippen LogP contribution in [0.3, 0.4) is 0 Å². The van der Waals surface area contributed by atoms with Crippen LogP contribution in [0, 0.1) is 5.92 Å². The summed E-state index contributed by atoms with van der Waals surface area (Å²) < 4.78 is 6.41. The van der Waals surface area contributed by atoms with Crippen LogP contribution >= 0.6 is 15.9 Å². The van der Waals surface area contributed by atoms with Gasteiger partial charge in [-0.05, 0) is 71.9 Å². The van der Waals surface area contributed by atoms with E-state index in [2.05, 4.69) is 57.2 Å². The van der Waals surface area contributed by atoms with E-state index >= 15 is 0 Å². The highest BCUT2D eigenvalue weighted by atomic mass is 79.9. The molecular weight excluding hydrogens is 314 g/mol. The first-order valence-electron chi connectivity index (χ1n) is 7.30. The maximum Gasteiger partial charge on any atom is 0.169 e. The normalized spacial score (nSPS) is 17.4. The first-order valence-corrected chi connectivity index (χ1v) is 8.09. The maximum absolute atomic E-state index is 5.58. The average Bonchev–Trinajstić information content (AvgIpc) is 2.88. The summed E-state index contributed by atoms with van der Waals surface area (Å²) in [5.74, 6) is 1.88. The van der Waals surface area contributed by atoms with Gasteiger partial charge in [0.1, 0.15) is 5.76 Å². The Kier molecular flexibility index (Phi) is 4.58. The largest absolute Gasteiger partial charge is 0.453 e. The van der Waals surface area contributed by atoms with Gasteiger partial charge in [0.25, 0.3) is 0 Å². The quantitative estimate of drug-likeness (QED) is 0.819. The molecular formula is C17H20BrNO. The molecule has 20 heavy (non-hydrogen) atoms. The molecule has 3 heteroatoms. The summed E-state index contributed by atoms with van der Waals surface area (Å²) in [7, 11) is 0. The molecule has 0 unspecified atom stereocenters. The zero-order valence-corrected chi connectivity index (χ0v) is 13.2. The van der Waals surface area contributed by atoms with Gasteiger partial charge in [-0.15, -0.1) is 0 Å². The fourth-order valence-electron chi connectivity index (χ4n) is 2.95. The van der Waals surface area contributed by atoms with E-state index in [1.807, 2.05) is 6.07 Å². The fraction of sp³-hybridized carbons (Fsp3) is 0.412. The van der Waals surface area contributed by atoms with Gasteiger partial charge >= 0.3 is 0 Å². The van der Waals surface area contributed by atoms with Gasteiger partial charge in [-0.1, -0.05) is 30.3 Å². The lowest BCUT2D eigenvalue weighted by atomic mass is 9.90. The monoisotopic (exact) mass is 333 g/mol. The van der Waals surface area contributed by atoms with Crippen LogP contribution in [-0.4, -0.2) is 18.0 Å². The molecule has 106 valence electrons. The number of piperidine rings is 1. The van der Waals surface area contributed by atoms with E-state index in [0.29, 0.717) is 0 Å². The molecule has 1 fully saturated rings. The Morgan fingerprint density at radius 3 is 2.45 bits per heavy atom. The van der Waals surface area contributed by atoms with Gasteiger partial charge in [-0.25, -0.2) is 0 Å². The molecule has 0 bridgehead atoms. The lowest BCUT2D eigenvalue weighted by molar-refractivity contribution is 0.165. The lowest BCUT2D eigenvalue weighted by Gasteiger charge is -2.31. The molecule has 1 aromatic heterocycles. The first-order chi connectivity index (χ1) is 9.79. The standard InChI is InChI=1S/C17H20BrNO/c18-17-7-6-16(20-17)13-19-10-8-15(9-11-19)12-14-4-2-1-3-5-14/h1-7,15H,8-13H2. The minimum atomic E-state index is 0.825. The number of rotatable bonds is 4. The Morgan fingerprint density at radius 1 is 1.05 bits per heavy atom. The zero-order chi connectivity index (χ0) is 13.8. The Bertz CT molecular complexity index is 529. The Morgan fingerprint density at radius 2 is 1.80 bits per heavy atom. The summed E-state index contributed by atoms with van der Waals surface area (Å²) in [6.45, 7) is 3.29. The average molecular weight is 334 g/mol. The van der Waals surface area contributed by atoms with Crippen LogP contribution in [0.1, 0.15) is 24.2 Å². The second-order valence-corrected chi connectivity index (χ2v) is 6.40. The van der Waals surface area contributed by atoms with Gasteiger partial charge in [-0.3, -0.25) is 4.90 Å². The molecule has 0 amide bonds. The predicted octanol–water partition coefficient (Wildman–Crippen LogP) is 4.50. The third-order valence-electron chi connectivity index (χ3n) is 4.08. The van der Waals surface area contributed by atoms with E-state index in [1.165, 1.54) is 37.9 Å². The van der Waals surface area contributed by atoms with Gasteiger partial charge < -0.3 is 4.42 Å². The molecule has 0 spiro atoms. The van der Waals surface area contributed by atoms with Crippen molar-refractivity contribution in [2.24, 2.45) is 5.92 Å². The summed E-state index contributed by atoms with van der Waals surface area (Å²) in [5, 5.41) is 0. The second kappa shape index (κ2) is 6.59. The number of furan rings is 1. The van der Waals surface area contributed by atoms with Gasteiger partial charge in [0, 0.05) is 0 Å². The first kappa shape index (κ1) is 13.9. The van der Waals surface area contributed by atoms with E-state index in [-0.39, 0.29) is 0 Å². The Balaban J connectivity index is 1.47. The molecule has 0 radical (unpaired) electrons. The summed E-state index contributed by atoms with van der Waals surface area (Å²) >= 11 is 3.36. The fourth-order valence-corrected chi connectivity index (χ4v) is 3.29. The molecule has 1 aromatic carbocycles. The van der Waals surface area contributed by atoms with Crippen molar-refractivity contribution < 1.29 is 4.42 Å². The van der Waals surface area contributed by atoms with Gasteiger partial charge in [-0.2, -0.15) is 0 Å². The van der Waals surface area contributed by atoms with E-state index in [0.717, 1.165) is 22.9 Å². The van der Waals surface area contributed by atoms with Crippen LogP contribution in [0.4, 0.5) is 0 Å². The minimum Gasteiger partial charge on any atom is -0.453 e. The van der Waals surface area contributed by atoms with Crippen molar-refractivity contribution in [3.05, 3.63) is 58.5 Å². The van der Waals surface area contributed by atoms with Crippen molar-refractivity contribution in [3.63, 3.8) is 0 Å². The molecule has 2 nitrogen and oxygen atoms in total. The number of nitrogens with zero attached hydrogens (tertiary/aromatic N) is 1. The summed E-state index contributed by atoms with van der Waals surface area (Å²) in [6, 6.07) is 14.9. The van der Waals surface area contributed by atoms with Crippen molar-refractivity contribution in [3.8, 4) is 0 Å². The van der Waals surface area contributed by atoms with Gasteiger partial charge in [0.05, 0.1) is 6.54 Å². The number of benzene rings is 1. The van der Waals surface area contributed by atoms with Crippen LogP contribution in [0.2, 0.25) is 0 Å². The van der Waals surface area contributed by atoms with Gasteiger partial charge in [0.15, 0.2) is 4.67 Å². The molecule has 1 saturated heterocycles.